The van der Waals surface area contributed by atoms with E-state index in [-0.39, 0.29) is 6.04 Å². The molecular formula is C13H15BrN2S. The van der Waals surface area contributed by atoms with Crippen molar-refractivity contribution < 1.29 is 0 Å². The van der Waals surface area contributed by atoms with Crippen molar-refractivity contribution in [1.29, 1.82) is 0 Å². The first-order chi connectivity index (χ1) is 8.08. The lowest BCUT2D eigenvalue weighted by atomic mass is 10.2. The molecule has 2 aromatic rings. The average Bonchev–Trinajstić information content (AvgIpc) is 2.72. The molecule has 0 amide bonds. The summed E-state index contributed by atoms with van der Waals surface area (Å²) in [4.78, 5) is 7.03. The highest BCUT2D eigenvalue weighted by molar-refractivity contribution is 9.10. The van der Waals surface area contributed by atoms with Crippen LogP contribution in [0.25, 0.3) is 0 Å². The second-order valence-electron chi connectivity index (χ2n) is 4.10. The summed E-state index contributed by atoms with van der Waals surface area (Å²) in [6.45, 7) is 6.35. The maximum atomic E-state index is 4.36. The Labute approximate surface area is 114 Å². The van der Waals surface area contributed by atoms with Gasteiger partial charge in [0, 0.05) is 16.0 Å². The molecule has 0 saturated heterocycles. The normalized spacial score (nSPS) is 12.5. The summed E-state index contributed by atoms with van der Waals surface area (Å²) in [5, 5.41) is 3.43. The van der Waals surface area contributed by atoms with Crippen molar-refractivity contribution in [3.05, 3.63) is 44.2 Å². The number of aromatic nitrogens is 1. The van der Waals surface area contributed by atoms with E-state index in [9.17, 15) is 0 Å². The van der Waals surface area contributed by atoms with Gasteiger partial charge in [0.15, 0.2) is 0 Å². The Morgan fingerprint density at radius 2 is 2.06 bits per heavy atom. The summed E-state index contributed by atoms with van der Waals surface area (Å²) in [5.74, 6) is 0.906. The van der Waals surface area contributed by atoms with Gasteiger partial charge in [-0.1, -0.05) is 0 Å². The van der Waals surface area contributed by atoms with Gasteiger partial charge in [0.05, 0.1) is 10.5 Å². The van der Waals surface area contributed by atoms with E-state index < -0.39 is 0 Å². The van der Waals surface area contributed by atoms with Gasteiger partial charge in [-0.15, -0.1) is 11.3 Å². The molecule has 2 heterocycles. The molecule has 2 rings (SSSR count). The van der Waals surface area contributed by atoms with Crippen molar-refractivity contribution >= 4 is 33.1 Å². The molecule has 0 aliphatic carbocycles. The highest BCUT2D eigenvalue weighted by Gasteiger charge is 2.10. The Balaban J connectivity index is 2.18. The Morgan fingerprint density at radius 1 is 1.29 bits per heavy atom. The highest BCUT2D eigenvalue weighted by Crippen LogP contribution is 2.29. The molecular weight excluding hydrogens is 296 g/mol. The number of hydrogen-bond acceptors (Lipinski definition) is 3. The zero-order chi connectivity index (χ0) is 12.4. The number of pyridine rings is 1. The van der Waals surface area contributed by atoms with Crippen molar-refractivity contribution in [2.75, 3.05) is 5.32 Å². The van der Waals surface area contributed by atoms with Gasteiger partial charge in [-0.3, -0.25) is 0 Å². The van der Waals surface area contributed by atoms with E-state index in [0.29, 0.717) is 0 Å². The number of rotatable bonds is 3. The minimum Gasteiger partial charge on any atom is -0.362 e. The molecule has 0 radical (unpaired) electrons. The zero-order valence-corrected chi connectivity index (χ0v) is 12.5. The molecule has 1 atom stereocenters. The van der Waals surface area contributed by atoms with Crippen molar-refractivity contribution in [3.63, 3.8) is 0 Å². The second-order valence-corrected chi connectivity index (χ2v) is 6.22. The van der Waals surface area contributed by atoms with Crippen LogP contribution in [0.2, 0.25) is 0 Å². The van der Waals surface area contributed by atoms with Gasteiger partial charge in [-0.05, 0) is 60.5 Å². The molecule has 2 aromatic heterocycles. The minimum absolute atomic E-state index is 0.277. The van der Waals surface area contributed by atoms with Crippen LogP contribution in [-0.4, -0.2) is 4.98 Å². The number of aryl methyl sites for hydroxylation is 2. The number of nitrogens with zero attached hydrogens (tertiary/aromatic N) is 1. The monoisotopic (exact) mass is 310 g/mol. The molecule has 0 bridgehead atoms. The average molecular weight is 311 g/mol. The van der Waals surface area contributed by atoms with Crippen LogP contribution in [-0.2, 0) is 0 Å². The summed E-state index contributed by atoms with van der Waals surface area (Å²) in [7, 11) is 0. The second kappa shape index (κ2) is 5.19. The highest BCUT2D eigenvalue weighted by atomic mass is 79.9. The molecule has 2 nitrogen and oxygen atoms in total. The Hall–Kier alpha value is -0.870. The van der Waals surface area contributed by atoms with Crippen molar-refractivity contribution in [1.82, 2.24) is 4.98 Å². The van der Waals surface area contributed by atoms with E-state index in [2.05, 4.69) is 59.1 Å². The van der Waals surface area contributed by atoms with E-state index in [0.717, 1.165) is 10.3 Å². The standard InChI is InChI=1S/C13H15BrN2S/c1-8-6-7-15-13(12(8)14)16-10(3)11-5-4-9(2)17-11/h4-7,10H,1-3H3,(H,15,16). The molecule has 0 saturated carbocycles. The quantitative estimate of drug-likeness (QED) is 0.889. The van der Waals surface area contributed by atoms with Crippen LogP contribution in [0, 0.1) is 13.8 Å². The van der Waals surface area contributed by atoms with Gasteiger partial charge in [-0.2, -0.15) is 0 Å². The largest absolute Gasteiger partial charge is 0.362 e. The third-order valence-electron chi connectivity index (χ3n) is 2.62. The molecule has 1 N–H and O–H groups in total. The zero-order valence-electron chi connectivity index (χ0n) is 10.1. The molecule has 0 fully saturated rings. The lowest BCUT2D eigenvalue weighted by molar-refractivity contribution is 0.893. The van der Waals surface area contributed by atoms with E-state index in [4.69, 9.17) is 0 Å². The van der Waals surface area contributed by atoms with Gasteiger partial charge in [0.1, 0.15) is 5.82 Å². The number of halogens is 1. The van der Waals surface area contributed by atoms with Crippen molar-refractivity contribution in [2.45, 2.75) is 26.8 Å². The maximum absolute atomic E-state index is 4.36. The van der Waals surface area contributed by atoms with Gasteiger partial charge >= 0.3 is 0 Å². The summed E-state index contributed by atoms with van der Waals surface area (Å²) in [5.41, 5.74) is 1.19. The molecule has 0 aliphatic rings. The van der Waals surface area contributed by atoms with Crippen LogP contribution in [0.1, 0.15) is 28.3 Å². The third kappa shape index (κ3) is 2.87. The first-order valence-electron chi connectivity index (χ1n) is 5.52. The number of thiophene rings is 1. The van der Waals surface area contributed by atoms with Gasteiger partial charge in [0.25, 0.3) is 0 Å². The Bertz CT molecular complexity index is 522. The smallest absolute Gasteiger partial charge is 0.141 e. The van der Waals surface area contributed by atoms with E-state index in [1.54, 1.807) is 0 Å². The summed E-state index contributed by atoms with van der Waals surface area (Å²) in [6, 6.07) is 6.59. The fraction of sp³-hybridized carbons (Fsp3) is 0.308. The van der Waals surface area contributed by atoms with Crippen LogP contribution >= 0.6 is 27.3 Å². The number of anilines is 1. The van der Waals surface area contributed by atoms with Crippen molar-refractivity contribution in [2.24, 2.45) is 0 Å². The van der Waals surface area contributed by atoms with E-state index >= 15 is 0 Å². The molecule has 17 heavy (non-hydrogen) atoms. The van der Waals surface area contributed by atoms with Crippen LogP contribution in [0.15, 0.2) is 28.9 Å². The number of nitrogens with one attached hydrogen (secondary N) is 1. The fourth-order valence-electron chi connectivity index (χ4n) is 1.60. The molecule has 0 spiro atoms. The SMILES string of the molecule is Cc1ccc(C(C)Nc2nccc(C)c2Br)s1. The summed E-state index contributed by atoms with van der Waals surface area (Å²) in [6.07, 6.45) is 1.83. The topological polar surface area (TPSA) is 24.9 Å². The van der Waals surface area contributed by atoms with Gasteiger partial charge < -0.3 is 5.32 Å². The van der Waals surface area contributed by atoms with Gasteiger partial charge in [0.2, 0.25) is 0 Å². The first-order valence-corrected chi connectivity index (χ1v) is 7.13. The molecule has 90 valence electrons. The molecule has 0 aromatic carbocycles. The van der Waals surface area contributed by atoms with Crippen LogP contribution in [0.5, 0.6) is 0 Å². The maximum Gasteiger partial charge on any atom is 0.141 e. The van der Waals surface area contributed by atoms with E-state index in [1.807, 2.05) is 23.6 Å². The Kier molecular flexibility index (Phi) is 3.84. The first kappa shape index (κ1) is 12.6. The summed E-state index contributed by atoms with van der Waals surface area (Å²) >= 11 is 5.38. The predicted octanol–water partition coefficient (Wildman–Crippen LogP) is 4.70. The van der Waals surface area contributed by atoms with Crippen LogP contribution in [0.4, 0.5) is 5.82 Å². The molecule has 4 heteroatoms. The number of hydrogen-bond donors (Lipinski definition) is 1. The van der Waals surface area contributed by atoms with Crippen molar-refractivity contribution in [3.8, 4) is 0 Å². The predicted molar refractivity (Wildman–Crippen MR) is 77.8 cm³/mol. The van der Waals surface area contributed by atoms with Gasteiger partial charge in [-0.25, -0.2) is 4.98 Å². The minimum atomic E-state index is 0.277. The lowest BCUT2D eigenvalue weighted by Crippen LogP contribution is -2.07. The van der Waals surface area contributed by atoms with Crippen LogP contribution < -0.4 is 5.32 Å². The fourth-order valence-corrected chi connectivity index (χ4v) is 2.83. The molecule has 0 aliphatic heterocycles. The third-order valence-corrected chi connectivity index (χ3v) is 4.81. The summed E-state index contributed by atoms with van der Waals surface area (Å²) < 4.78 is 1.04. The van der Waals surface area contributed by atoms with E-state index in [1.165, 1.54) is 15.3 Å². The van der Waals surface area contributed by atoms with Crippen LogP contribution in [0.3, 0.4) is 0 Å². The lowest BCUT2D eigenvalue weighted by Gasteiger charge is -2.14. The molecule has 1 unspecified atom stereocenters. The Morgan fingerprint density at radius 3 is 2.71 bits per heavy atom.